The number of likely N-dealkylation sites (tertiary alicyclic amines) is 1. The lowest BCUT2D eigenvalue weighted by molar-refractivity contribution is 0.0282. The average molecular weight is 309 g/mol. The van der Waals surface area contributed by atoms with E-state index in [2.05, 4.69) is 20.0 Å². The molecule has 1 aliphatic rings. The van der Waals surface area contributed by atoms with Gasteiger partial charge in [0.05, 0.1) is 18.2 Å². The third-order valence-electron chi connectivity index (χ3n) is 3.77. The maximum atomic E-state index is 9.75. The second-order valence-electron chi connectivity index (χ2n) is 5.42. The number of nitrogens with zero attached hydrogens (tertiary/aromatic N) is 4. The first-order valence-corrected chi connectivity index (χ1v) is 7.35. The lowest BCUT2D eigenvalue weighted by Gasteiger charge is -2.33. The van der Waals surface area contributed by atoms with Crippen LogP contribution in [0.3, 0.4) is 0 Å². The van der Waals surface area contributed by atoms with Gasteiger partial charge < -0.3 is 9.63 Å². The smallest absolute Gasteiger partial charge is 0.241 e. The maximum absolute atomic E-state index is 9.75. The number of halogens is 1. The number of aliphatic hydroxyl groups is 1. The topological polar surface area (TPSA) is 75.3 Å². The van der Waals surface area contributed by atoms with Crippen LogP contribution in [0.2, 0.25) is 5.15 Å². The Bertz CT molecular complexity index is 619. The Balaban J connectivity index is 1.70. The number of piperidine rings is 1. The van der Waals surface area contributed by atoms with Crippen molar-refractivity contribution < 1.29 is 9.63 Å². The Morgan fingerprint density at radius 1 is 1.52 bits per heavy atom. The third kappa shape index (κ3) is 3.23. The zero-order valence-electron chi connectivity index (χ0n) is 11.7. The normalized spacial score (nSPS) is 23.4. The molecule has 0 saturated carbocycles. The Kier molecular flexibility index (Phi) is 4.19. The maximum Gasteiger partial charge on any atom is 0.241 e. The molecule has 6 nitrogen and oxygen atoms in total. The van der Waals surface area contributed by atoms with Gasteiger partial charge in [0, 0.05) is 19.3 Å². The van der Waals surface area contributed by atoms with Crippen molar-refractivity contribution in [1.82, 2.24) is 20.0 Å². The van der Waals surface area contributed by atoms with Crippen molar-refractivity contribution in [3.63, 3.8) is 0 Å². The van der Waals surface area contributed by atoms with Crippen molar-refractivity contribution in [2.75, 3.05) is 13.1 Å². The van der Waals surface area contributed by atoms with Gasteiger partial charge in [-0.2, -0.15) is 4.98 Å². The van der Waals surface area contributed by atoms with Crippen molar-refractivity contribution >= 4 is 11.6 Å². The van der Waals surface area contributed by atoms with Crippen LogP contribution in [0.4, 0.5) is 0 Å². The molecule has 0 bridgehead atoms. The van der Waals surface area contributed by atoms with Gasteiger partial charge >= 0.3 is 0 Å². The largest absolute Gasteiger partial charge is 0.393 e. The summed E-state index contributed by atoms with van der Waals surface area (Å²) in [4.78, 5) is 10.6. The molecule has 7 heteroatoms. The minimum Gasteiger partial charge on any atom is -0.393 e. The highest BCUT2D eigenvalue weighted by atomic mass is 35.5. The highest BCUT2D eigenvalue weighted by molar-refractivity contribution is 6.31. The highest BCUT2D eigenvalue weighted by Gasteiger charge is 2.25. The minimum absolute atomic E-state index is 0.214. The van der Waals surface area contributed by atoms with Gasteiger partial charge in [0.2, 0.25) is 11.7 Å². The number of aliphatic hydroxyl groups excluding tert-OH is 1. The standard InChI is InChI=1S/C14H17ClN4O2/c1-9-7-19(6-4-11(9)20)8-12-17-14(18-21-12)10-3-2-5-16-13(10)15/h2-3,5,9,11,20H,4,6-8H2,1H3/t9-,11+/m1/s1. The molecule has 21 heavy (non-hydrogen) atoms. The van der Waals surface area contributed by atoms with Crippen LogP contribution in [-0.4, -0.2) is 44.3 Å². The van der Waals surface area contributed by atoms with Crippen molar-refractivity contribution in [1.29, 1.82) is 0 Å². The van der Waals surface area contributed by atoms with Crippen LogP contribution in [0.25, 0.3) is 11.4 Å². The number of pyridine rings is 1. The van der Waals surface area contributed by atoms with Crippen molar-refractivity contribution in [3.05, 3.63) is 29.4 Å². The van der Waals surface area contributed by atoms with Gasteiger partial charge in [-0.3, -0.25) is 4.90 Å². The second-order valence-corrected chi connectivity index (χ2v) is 5.78. The molecule has 3 heterocycles. The van der Waals surface area contributed by atoms with E-state index in [0.29, 0.717) is 29.0 Å². The summed E-state index contributed by atoms with van der Waals surface area (Å²) in [6.07, 6.45) is 2.18. The van der Waals surface area contributed by atoms with Gasteiger partial charge in [-0.15, -0.1) is 0 Å². The Labute approximate surface area is 127 Å². The Morgan fingerprint density at radius 3 is 3.14 bits per heavy atom. The van der Waals surface area contributed by atoms with Gasteiger partial charge in [-0.05, 0) is 24.5 Å². The van der Waals surface area contributed by atoms with Crippen LogP contribution in [0.5, 0.6) is 0 Å². The molecule has 1 N–H and O–H groups in total. The van der Waals surface area contributed by atoms with E-state index in [-0.39, 0.29) is 12.0 Å². The molecular formula is C14H17ClN4O2. The molecule has 0 amide bonds. The van der Waals surface area contributed by atoms with E-state index in [1.807, 2.05) is 13.0 Å². The summed E-state index contributed by atoms with van der Waals surface area (Å²) >= 11 is 6.02. The lowest BCUT2D eigenvalue weighted by Crippen LogP contribution is -2.41. The first-order chi connectivity index (χ1) is 10.1. The Morgan fingerprint density at radius 2 is 2.38 bits per heavy atom. The quantitative estimate of drug-likeness (QED) is 0.874. The number of hydrogen-bond acceptors (Lipinski definition) is 6. The molecule has 2 aromatic rings. The average Bonchev–Trinajstić information content (AvgIpc) is 2.92. The van der Waals surface area contributed by atoms with Gasteiger partial charge in [0.25, 0.3) is 0 Å². The molecule has 1 fully saturated rings. The summed E-state index contributed by atoms with van der Waals surface area (Å²) in [6, 6.07) is 3.59. The summed E-state index contributed by atoms with van der Waals surface area (Å²) in [5.74, 6) is 1.26. The minimum atomic E-state index is -0.214. The zero-order valence-corrected chi connectivity index (χ0v) is 12.5. The van der Waals surface area contributed by atoms with E-state index in [1.165, 1.54) is 0 Å². The zero-order chi connectivity index (χ0) is 14.8. The predicted octanol–water partition coefficient (Wildman–Crippen LogP) is 1.99. The summed E-state index contributed by atoms with van der Waals surface area (Å²) in [5, 5.41) is 14.1. The molecule has 1 saturated heterocycles. The SMILES string of the molecule is C[C@@H]1CN(Cc2nc(-c3cccnc3Cl)no2)CC[C@@H]1O. The summed E-state index contributed by atoms with van der Waals surface area (Å²) in [5.41, 5.74) is 0.664. The lowest BCUT2D eigenvalue weighted by atomic mass is 9.97. The van der Waals surface area contributed by atoms with Crippen molar-refractivity contribution in [2.45, 2.75) is 26.0 Å². The molecular weight excluding hydrogens is 292 g/mol. The molecule has 1 aliphatic heterocycles. The van der Waals surface area contributed by atoms with Crippen LogP contribution in [0.1, 0.15) is 19.2 Å². The molecule has 0 spiro atoms. The van der Waals surface area contributed by atoms with E-state index < -0.39 is 0 Å². The first-order valence-electron chi connectivity index (χ1n) is 6.97. The van der Waals surface area contributed by atoms with Crippen LogP contribution < -0.4 is 0 Å². The van der Waals surface area contributed by atoms with Crippen molar-refractivity contribution in [3.8, 4) is 11.4 Å². The van der Waals surface area contributed by atoms with Crippen LogP contribution in [-0.2, 0) is 6.54 Å². The fourth-order valence-corrected chi connectivity index (χ4v) is 2.74. The molecule has 0 radical (unpaired) electrons. The summed E-state index contributed by atoms with van der Waals surface area (Å²) < 4.78 is 5.29. The van der Waals surface area contributed by atoms with Gasteiger partial charge in [-0.25, -0.2) is 4.98 Å². The van der Waals surface area contributed by atoms with Crippen LogP contribution >= 0.6 is 11.6 Å². The van der Waals surface area contributed by atoms with Crippen LogP contribution in [0, 0.1) is 5.92 Å². The van der Waals surface area contributed by atoms with E-state index in [4.69, 9.17) is 16.1 Å². The van der Waals surface area contributed by atoms with E-state index in [0.717, 1.165) is 19.5 Å². The van der Waals surface area contributed by atoms with Crippen LogP contribution in [0.15, 0.2) is 22.9 Å². The van der Waals surface area contributed by atoms with E-state index >= 15 is 0 Å². The van der Waals surface area contributed by atoms with Gasteiger partial charge in [-0.1, -0.05) is 23.7 Å². The third-order valence-corrected chi connectivity index (χ3v) is 4.07. The predicted molar refractivity (Wildman–Crippen MR) is 77.6 cm³/mol. The molecule has 112 valence electrons. The molecule has 0 aromatic carbocycles. The summed E-state index contributed by atoms with van der Waals surface area (Å²) in [6.45, 7) is 4.29. The molecule has 0 unspecified atom stereocenters. The van der Waals surface area contributed by atoms with Gasteiger partial charge in [0.15, 0.2) is 0 Å². The number of rotatable bonds is 3. The molecule has 3 rings (SSSR count). The highest BCUT2D eigenvalue weighted by Crippen LogP contribution is 2.24. The van der Waals surface area contributed by atoms with Crippen molar-refractivity contribution in [2.24, 2.45) is 5.92 Å². The second kappa shape index (κ2) is 6.09. The fourth-order valence-electron chi connectivity index (χ4n) is 2.54. The Hall–Kier alpha value is -1.50. The number of aromatic nitrogens is 3. The van der Waals surface area contributed by atoms with E-state index in [9.17, 15) is 5.11 Å². The first kappa shape index (κ1) is 14.4. The molecule has 0 aliphatic carbocycles. The monoisotopic (exact) mass is 308 g/mol. The van der Waals surface area contributed by atoms with Gasteiger partial charge in [0.1, 0.15) is 5.15 Å². The summed E-state index contributed by atoms with van der Waals surface area (Å²) in [7, 11) is 0. The van der Waals surface area contributed by atoms with E-state index in [1.54, 1.807) is 12.3 Å². The number of hydrogen-bond donors (Lipinski definition) is 1. The molecule has 2 aromatic heterocycles. The molecule has 2 atom stereocenters. The fraction of sp³-hybridized carbons (Fsp3) is 0.500.